The predicted octanol–water partition coefficient (Wildman–Crippen LogP) is 0.0146. The lowest BCUT2D eigenvalue weighted by Crippen LogP contribution is -2.28. The quantitative estimate of drug-likeness (QED) is 0.555. The van der Waals surface area contributed by atoms with Crippen molar-refractivity contribution in [3.63, 3.8) is 0 Å². The Balaban J connectivity index is 3.25. The Bertz CT molecular complexity index is 462. The van der Waals surface area contributed by atoms with Gasteiger partial charge in [-0.3, -0.25) is 14.5 Å². The van der Waals surface area contributed by atoms with Gasteiger partial charge >= 0.3 is 5.97 Å². The first-order chi connectivity index (χ1) is 6.57. The summed E-state index contributed by atoms with van der Waals surface area (Å²) in [5.74, 6) is -0.751. The first kappa shape index (κ1) is 10.6. The fourth-order valence-corrected chi connectivity index (χ4v) is 0.939. The monoisotopic (exact) mass is 215 g/mol. The van der Waals surface area contributed by atoms with Gasteiger partial charge in [-0.2, -0.15) is 5.10 Å². The first-order valence-electron chi connectivity index (χ1n) is 3.90. The van der Waals surface area contributed by atoms with Crippen LogP contribution >= 0.6 is 12.2 Å². The molecule has 1 aromatic rings. The Morgan fingerprint density at radius 2 is 2.36 bits per heavy atom. The van der Waals surface area contributed by atoms with Gasteiger partial charge in [0, 0.05) is 7.05 Å². The molecule has 0 aromatic carbocycles. The zero-order valence-corrected chi connectivity index (χ0v) is 8.55. The van der Waals surface area contributed by atoms with Gasteiger partial charge < -0.3 is 4.74 Å². The van der Waals surface area contributed by atoms with Crippen LogP contribution in [0.4, 0.5) is 0 Å². The van der Waals surface area contributed by atoms with Crippen LogP contribution in [-0.4, -0.2) is 27.3 Å². The number of carbonyl (C=O) groups is 1. The van der Waals surface area contributed by atoms with Crippen LogP contribution in [0.5, 0.6) is 0 Å². The zero-order valence-electron chi connectivity index (χ0n) is 7.73. The topological polar surface area (TPSA) is 77.0 Å². The number of H-pyrrole nitrogens is 1. The molecule has 0 fully saturated rings. The third-order valence-electron chi connectivity index (χ3n) is 1.54. The first-order valence-corrected chi connectivity index (χ1v) is 4.31. The van der Waals surface area contributed by atoms with E-state index in [1.54, 1.807) is 6.92 Å². The van der Waals surface area contributed by atoms with Crippen LogP contribution in [0.25, 0.3) is 0 Å². The molecule has 0 radical (unpaired) electrons. The number of ether oxygens (including phenoxy) is 1. The van der Waals surface area contributed by atoms with E-state index in [1.165, 1.54) is 7.05 Å². The van der Waals surface area contributed by atoms with Crippen molar-refractivity contribution in [2.45, 2.75) is 6.92 Å². The summed E-state index contributed by atoms with van der Waals surface area (Å²) in [6.45, 7) is 1.84. The fourth-order valence-electron chi connectivity index (χ4n) is 0.810. The van der Waals surface area contributed by atoms with Gasteiger partial charge in [0.15, 0.2) is 4.77 Å². The molecule has 1 aromatic heterocycles. The fraction of sp³-hybridized carbons (Fsp3) is 0.429. The molecule has 0 amide bonds. The van der Waals surface area contributed by atoms with E-state index in [-0.39, 0.29) is 17.1 Å². The molecule has 0 unspecified atom stereocenters. The summed E-state index contributed by atoms with van der Waals surface area (Å²) in [4.78, 5) is 22.6. The number of nitrogens with zero attached hydrogens (tertiary/aromatic N) is 2. The number of hydrogen-bond donors (Lipinski definition) is 1. The van der Waals surface area contributed by atoms with Crippen LogP contribution < -0.4 is 5.56 Å². The second-order valence-corrected chi connectivity index (χ2v) is 2.85. The lowest BCUT2D eigenvalue weighted by molar-refractivity contribution is 0.0514. The third kappa shape index (κ3) is 1.87. The molecule has 0 atom stereocenters. The molecule has 0 aliphatic rings. The molecule has 0 saturated heterocycles. The number of hydrogen-bond acceptors (Lipinski definition) is 5. The van der Waals surface area contributed by atoms with Crippen molar-refractivity contribution in [1.29, 1.82) is 0 Å². The van der Waals surface area contributed by atoms with Crippen molar-refractivity contribution < 1.29 is 9.53 Å². The SMILES string of the molecule is CCOC(=O)c1n[nH]c(=S)n(C)c1=O. The maximum Gasteiger partial charge on any atom is 0.364 e. The molecule has 0 saturated carbocycles. The summed E-state index contributed by atoms with van der Waals surface area (Å²) in [7, 11) is 1.45. The zero-order chi connectivity index (χ0) is 10.7. The lowest BCUT2D eigenvalue weighted by atomic mass is 10.4. The summed E-state index contributed by atoms with van der Waals surface area (Å²) in [6.07, 6.45) is 0. The van der Waals surface area contributed by atoms with Crippen LogP contribution in [0.3, 0.4) is 0 Å². The summed E-state index contributed by atoms with van der Waals surface area (Å²) >= 11 is 4.74. The second-order valence-electron chi connectivity index (χ2n) is 2.46. The normalized spacial score (nSPS) is 9.86. The van der Waals surface area contributed by atoms with Gasteiger partial charge in [-0.1, -0.05) is 0 Å². The number of carbonyl (C=O) groups excluding carboxylic acids is 1. The standard InChI is InChI=1S/C7H9N3O3S/c1-3-13-6(12)4-5(11)10(2)7(14)9-8-4/h3H2,1-2H3,(H,9,14). The molecule has 1 rings (SSSR count). The van der Waals surface area contributed by atoms with Crippen molar-refractivity contribution in [3.8, 4) is 0 Å². The third-order valence-corrected chi connectivity index (χ3v) is 1.91. The van der Waals surface area contributed by atoms with Gasteiger partial charge in [-0.15, -0.1) is 0 Å². The van der Waals surface area contributed by atoms with E-state index in [2.05, 4.69) is 14.9 Å². The Morgan fingerprint density at radius 1 is 1.71 bits per heavy atom. The maximum atomic E-state index is 11.4. The Labute approximate surface area is 84.5 Å². The van der Waals surface area contributed by atoms with Gasteiger partial charge in [0.25, 0.3) is 5.56 Å². The van der Waals surface area contributed by atoms with Gasteiger partial charge in [0.05, 0.1) is 6.61 Å². The van der Waals surface area contributed by atoms with E-state index in [0.29, 0.717) is 0 Å². The van der Waals surface area contributed by atoms with E-state index in [4.69, 9.17) is 12.2 Å². The molecular weight excluding hydrogens is 206 g/mol. The molecule has 6 nitrogen and oxygen atoms in total. The molecule has 0 bridgehead atoms. The summed E-state index contributed by atoms with van der Waals surface area (Å²) in [6, 6.07) is 0. The predicted molar refractivity (Wildman–Crippen MR) is 50.6 cm³/mol. The minimum atomic E-state index is -0.751. The molecule has 1 N–H and O–H groups in total. The van der Waals surface area contributed by atoms with E-state index >= 15 is 0 Å². The smallest absolute Gasteiger partial charge is 0.364 e. The molecule has 14 heavy (non-hydrogen) atoms. The van der Waals surface area contributed by atoms with Gasteiger partial charge in [0.2, 0.25) is 5.69 Å². The summed E-state index contributed by atoms with van der Waals surface area (Å²) in [5.41, 5.74) is -0.852. The van der Waals surface area contributed by atoms with Crippen molar-refractivity contribution in [1.82, 2.24) is 14.8 Å². The second kappa shape index (κ2) is 4.14. The lowest BCUT2D eigenvalue weighted by Gasteiger charge is -2.01. The minimum Gasteiger partial charge on any atom is -0.461 e. The molecule has 0 aliphatic carbocycles. The van der Waals surface area contributed by atoms with E-state index < -0.39 is 11.5 Å². The molecular formula is C7H9N3O3S. The Morgan fingerprint density at radius 3 is 2.93 bits per heavy atom. The van der Waals surface area contributed by atoms with Crippen LogP contribution in [0.2, 0.25) is 0 Å². The highest BCUT2D eigenvalue weighted by Gasteiger charge is 2.14. The Kier molecular flexibility index (Phi) is 3.13. The summed E-state index contributed by atoms with van der Waals surface area (Å²) in [5, 5.41) is 5.90. The molecule has 76 valence electrons. The number of rotatable bonds is 2. The maximum absolute atomic E-state index is 11.4. The van der Waals surface area contributed by atoms with Crippen molar-refractivity contribution >= 4 is 18.2 Å². The minimum absolute atomic E-state index is 0.156. The van der Waals surface area contributed by atoms with Gasteiger partial charge in [-0.25, -0.2) is 4.79 Å². The van der Waals surface area contributed by atoms with E-state index in [0.717, 1.165) is 4.57 Å². The molecule has 1 heterocycles. The largest absolute Gasteiger partial charge is 0.461 e. The highest BCUT2D eigenvalue weighted by Crippen LogP contribution is 1.89. The van der Waals surface area contributed by atoms with Crippen LogP contribution in [0.1, 0.15) is 17.4 Å². The van der Waals surface area contributed by atoms with Gasteiger partial charge in [-0.05, 0) is 19.1 Å². The molecule has 0 aliphatic heterocycles. The number of aromatic nitrogens is 3. The number of esters is 1. The van der Waals surface area contributed by atoms with Crippen molar-refractivity contribution in [2.75, 3.05) is 6.61 Å². The van der Waals surface area contributed by atoms with Crippen LogP contribution in [-0.2, 0) is 11.8 Å². The van der Waals surface area contributed by atoms with E-state index in [1.807, 2.05) is 0 Å². The molecule has 0 spiro atoms. The van der Waals surface area contributed by atoms with E-state index in [9.17, 15) is 9.59 Å². The highest BCUT2D eigenvalue weighted by atomic mass is 32.1. The number of aromatic amines is 1. The van der Waals surface area contributed by atoms with Gasteiger partial charge in [0.1, 0.15) is 0 Å². The average Bonchev–Trinajstić information content (AvgIpc) is 2.15. The Hall–Kier alpha value is -1.50. The summed E-state index contributed by atoms with van der Waals surface area (Å²) < 4.78 is 5.91. The van der Waals surface area contributed by atoms with Crippen LogP contribution in [0, 0.1) is 4.77 Å². The van der Waals surface area contributed by atoms with Crippen molar-refractivity contribution in [3.05, 3.63) is 20.8 Å². The van der Waals surface area contributed by atoms with Crippen molar-refractivity contribution in [2.24, 2.45) is 7.05 Å². The number of nitrogens with one attached hydrogen (secondary N) is 1. The van der Waals surface area contributed by atoms with Crippen LogP contribution in [0.15, 0.2) is 4.79 Å². The molecule has 7 heteroatoms. The average molecular weight is 215 g/mol. The highest BCUT2D eigenvalue weighted by molar-refractivity contribution is 7.71.